The second kappa shape index (κ2) is 27.1. The maximum Gasteiger partial charge on any atom is 0.334 e. The molecule has 0 aromatic rings. The van der Waals surface area contributed by atoms with E-state index in [1.54, 1.807) is 7.11 Å². The molecular formula is C25H55FO3Si. The average Bonchev–Trinajstić information content (AvgIpc) is 2.76. The van der Waals surface area contributed by atoms with Gasteiger partial charge in [0.05, 0.1) is 6.67 Å². The number of hydrogen-bond donors (Lipinski definition) is 1. The Morgan fingerprint density at radius 1 is 0.667 bits per heavy atom. The van der Waals surface area contributed by atoms with Gasteiger partial charge in [0.25, 0.3) is 0 Å². The summed E-state index contributed by atoms with van der Waals surface area (Å²) >= 11 is 0. The Bertz CT molecular complexity index is 298. The van der Waals surface area contributed by atoms with Crippen molar-refractivity contribution < 1.29 is 18.3 Å². The highest BCUT2D eigenvalue weighted by atomic mass is 28.4. The third-order valence-corrected chi connectivity index (χ3v) is 8.55. The van der Waals surface area contributed by atoms with E-state index in [0.717, 1.165) is 38.3 Å². The van der Waals surface area contributed by atoms with E-state index < -0.39 is 8.56 Å². The van der Waals surface area contributed by atoms with E-state index in [4.69, 9.17) is 14.0 Å². The van der Waals surface area contributed by atoms with Crippen LogP contribution in [-0.4, -0.2) is 40.7 Å². The van der Waals surface area contributed by atoms with Gasteiger partial charge in [0, 0.05) is 20.3 Å². The van der Waals surface area contributed by atoms with E-state index in [-0.39, 0.29) is 13.3 Å². The molecule has 1 N–H and O–H groups in total. The Balaban J connectivity index is 0. The molecule has 0 bridgehead atoms. The summed E-state index contributed by atoms with van der Waals surface area (Å²) in [4.78, 5) is 0. The van der Waals surface area contributed by atoms with Crippen LogP contribution in [-0.2, 0) is 8.85 Å². The zero-order chi connectivity index (χ0) is 22.8. The first kappa shape index (κ1) is 32.2. The van der Waals surface area contributed by atoms with Gasteiger partial charge in [-0.25, -0.2) is 0 Å². The Morgan fingerprint density at radius 3 is 1.50 bits per heavy atom. The standard InChI is InChI=1S/C13H30O3Si.C12H25F/c1-4-5-6-7-8-9-12-16-17(3,15-2)13-10-11-14;1-2-3-4-5-6-7-8-9-10-11-12-13/h14H,4-13H2,1-3H3;2-12H2,1H3. The molecule has 5 heteroatoms. The van der Waals surface area contributed by atoms with Crippen molar-refractivity contribution in [2.45, 2.75) is 136 Å². The topological polar surface area (TPSA) is 38.7 Å². The summed E-state index contributed by atoms with van der Waals surface area (Å²) in [5, 5.41) is 8.83. The molecule has 0 aliphatic carbocycles. The van der Waals surface area contributed by atoms with Crippen molar-refractivity contribution >= 4 is 8.56 Å². The van der Waals surface area contributed by atoms with Crippen LogP contribution in [0.2, 0.25) is 12.6 Å². The lowest BCUT2D eigenvalue weighted by Gasteiger charge is -2.24. The van der Waals surface area contributed by atoms with E-state index in [2.05, 4.69) is 20.4 Å². The molecule has 0 spiro atoms. The minimum atomic E-state index is -1.98. The molecule has 0 saturated heterocycles. The molecular weight excluding hydrogens is 395 g/mol. The number of aliphatic hydroxyl groups excluding tert-OH is 1. The van der Waals surface area contributed by atoms with E-state index in [1.165, 1.54) is 83.5 Å². The first-order chi connectivity index (χ1) is 14.6. The molecule has 184 valence electrons. The summed E-state index contributed by atoms with van der Waals surface area (Å²) in [6.07, 6.45) is 21.2. The van der Waals surface area contributed by atoms with Crippen LogP contribution in [0.3, 0.4) is 0 Å². The maximum absolute atomic E-state index is 11.7. The summed E-state index contributed by atoms with van der Waals surface area (Å²) in [6, 6.07) is 0.885. The third kappa shape index (κ3) is 26.1. The van der Waals surface area contributed by atoms with Crippen LogP contribution >= 0.6 is 0 Å². The Kier molecular flexibility index (Phi) is 29.1. The lowest BCUT2D eigenvalue weighted by molar-refractivity contribution is 0.194. The van der Waals surface area contributed by atoms with E-state index >= 15 is 0 Å². The molecule has 0 saturated carbocycles. The first-order valence-electron chi connectivity index (χ1n) is 13.0. The first-order valence-corrected chi connectivity index (χ1v) is 15.5. The van der Waals surface area contributed by atoms with Crippen molar-refractivity contribution in [2.75, 3.05) is 27.0 Å². The fourth-order valence-corrected chi connectivity index (χ4v) is 5.23. The van der Waals surface area contributed by atoms with Crippen LogP contribution < -0.4 is 0 Å². The Morgan fingerprint density at radius 2 is 1.10 bits per heavy atom. The van der Waals surface area contributed by atoms with Gasteiger partial charge in [0.1, 0.15) is 0 Å². The highest BCUT2D eigenvalue weighted by molar-refractivity contribution is 6.65. The highest BCUT2D eigenvalue weighted by Crippen LogP contribution is 2.16. The quantitative estimate of drug-likeness (QED) is 0.133. The molecule has 3 nitrogen and oxygen atoms in total. The lowest BCUT2D eigenvalue weighted by atomic mass is 10.1. The number of rotatable bonds is 22. The van der Waals surface area contributed by atoms with Gasteiger partial charge in [-0.2, -0.15) is 0 Å². The van der Waals surface area contributed by atoms with Crippen LogP contribution in [0.4, 0.5) is 4.39 Å². The second-order valence-electron chi connectivity index (χ2n) is 8.65. The van der Waals surface area contributed by atoms with Crippen molar-refractivity contribution in [1.82, 2.24) is 0 Å². The SMILES string of the molecule is CCCCCCCCCCCCF.CCCCCCCCO[Si](C)(CCCO)OC. The van der Waals surface area contributed by atoms with Gasteiger partial charge >= 0.3 is 8.56 Å². The average molecular weight is 451 g/mol. The number of aliphatic hydroxyl groups is 1. The molecule has 0 aliphatic rings. The van der Waals surface area contributed by atoms with Crippen LogP contribution in [0.15, 0.2) is 0 Å². The minimum Gasteiger partial charge on any atom is -0.398 e. The zero-order valence-corrected chi connectivity index (χ0v) is 22.0. The van der Waals surface area contributed by atoms with Gasteiger partial charge in [-0.15, -0.1) is 0 Å². The van der Waals surface area contributed by atoms with Gasteiger partial charge in [-0.05, 0) is 31.9 Å². The van der Waals surface area contributed by atoms with Crippen LogP contribution in [0.5, 0.6) is 0 Å². The number of unbranched alkanes of at least 4 members (excludes halogenated alkanes) is 14. The van der Waals surface area contributed by atoms with E-state index in [0.29, 0.717) is 0 Å². The predicted octanol–water partition coefficient (Wildman–Crippen LogP) is 8.34. The van der Waals surface area contributed by atoms with Gasteiger partial charge in [-0.1, -0.05) is 104 Å². The van der Waals surface area contributed by atoms with Crippen molar-refractivity contribution in [1.29, 1.82) is 0 Å². The van der Waals surface area contributed by atoms with Crippen LogP contribution in [0.1, 0.15) is 123 Å². The van der Waals surface area contributed by atoms with Crippen molar-refractivity contribution in [3.63, 3.8) is 0 Å². The van der Waals surface area contributed by atoms with Crippen LogP contribution in [0.25, 0.3) is 0 Å². The molecule has 30 heavy (non-hydrogen) atoms. The van der Waals surface area contributed by atoms with Gasteiger partial charge in [-0.3, -0.25) is 4.39 Å². The lowest BCUT2D eigenvalue weighted by Crippen LogP contribution is -2.37. The van der Waals surface area contributed by atoms with Gasteiger partial charge in [0.2, 0.25) is 0 Å². The predicted molar refractivity (Wildman–Crippen MR) is 132 cm³/mol. The molecule has 0 fully saturated rings. The second-order valence-corrected chi connectivity index (χ2v) is 12.1. The van der Waals surface area contributed by atoms with Gasteiger partial charge in [0.15, 0.2) is 0 Å². The van der Waals surface area contributed by atoms with Crippen molar-refractivity contribution in [2.24, 2.45) is 0 Å². The number of hydrogen-bond acceptors (Lipinski definition) is 3. The third-order valence-electron chi connectivity index (χ3n) is 5.61. The zero-order valence-electron chi connectivity index (χ0n) is 21.0. The fraction of sp³-hybridized carbons (Fsp3) is 1.00. The summed E-state index contributed by atoms with van der Waals surface area (Å²) in [7, 11) is -0.253. The molecule has 0 radical (unpaired) electrons. The highest BCUT2D eigenvalue weighted by Gasteiger charge is 2.29. The Hall–Kier alpha value is 0.0269. The normalized spacial score (nSPS) is 13.0. The summed E-state index contributed by atoms with van der Waals surface area (Å²) < 4.78 is 23.1. The van der Waals surface area contributed by atoms with Crippen molar-refractivity contribution in [3.05, 3.63) is 0 Å². The summed E-state index contributed by atoms with van der Waals surface area (Å²) in [5.41, 5.74) is 0. The molecule has 1 atom stereocenters. The molecule has 0 aliphatic heterocycles. The summed E-state index contributed by atoms with van der Waals surface area (Å²) in [5.74, 6) is 0. The van der Waals surface area contributed by atoms with E-state index in [9.17, 15) is 4.39 Å². The van der Waals surface area contributed by atoms with E-state index in [1.807, 2.05) is 0 Å². The maximum atomic E-state index is 11.7. The smallest absolute Gasteiger partial charge is 0.334 e. The molecule has 0 aromatic heterocycles. The number of halogens is 1. The van der Waals surface area contributed by atoms with Gasteiger partial charge < -0.3 is 14.0 Å². The molecule has 0 aromatic carbocycles. The Labute approximate surface area is 189 Å². The number of alkyl halides is 1. The van der Waals surface area contributed by atoms with Crippen molar-refractivity contribution in [3.8, 4) is 0 Å². The van der Waals surface area contributed by atoms with Crippen LogP contribution in [0, 0.1) is 0 Å². The monoisotopic (exact) mass is 450 g/mol. The molecule has 1 unspecified atom stereocenters. The summed E-state index contributed by atoms with van der Waals surface area (Å²) in [6.45, 7) is 7.48. The molecule has 0 heterocycles. The fourth-order valence-electron chi connectivity index (χ4n) is 3.39. The molecule has 0 rings (SSSR count). The minimum absolute atomic E-state index is 0.128. The largest absolute Gasteiger partial charge is 0.398 e. The molecule has 0 amide bonds.